The van der Waals surface area contributed by atoms with Crippen molar-refractivity contribution in [3.8, 4) is 5.75 Å². The fraction of sp³-hybridized carbons (Fsp3) is 0.651. The Morgan fingerprint density at radius 1 is 0.778 bits per heavy atom. The van der Waals surface area contributed by atoms with Crippen LogP contribution < -0.4 is 9.64 Å². The summed E-state index contributed by atoms with van der Waals surface area (Å²) in [7, 11) is -3.93. The molecular formula is C43H64N4O5S2. The van der Waals surface area contributed by atoms with Gasteiger partial charge in [-0.15, -0.1) is 0 Å². The highest BCUT2D eigenvalue weighted by atomic mass is 32.2. The van der Waals surface area contributed by atoms with Gasteiger partial charge in [-0.25, -0.2) is 8.42 Å². The van der Waals surface area contributed by atoms with Crippen molar-refractivity contribution in [3.05, 3.63) is 48.7 Å². The van der Waals surface area contributed by atoms with Crippen molar-refractivity contribution in [2.75, 3.05) is 57.0 Å². The van der Waals surface area contributed by atoms with E-state index in [1.165, 1.54) is 57.6 Å². The fourth-order valence-electron chi connectivity index (χ4n) is 8.78. The maximum atomic E-state index is 14.4. The zero-order chi connectivity index (χ0) is 37.9. The number of sulfone groups is 1. The average Bonchev–Trinajstić information content (AvgIpc) is 3.20. The minimum Gasteiger partial charge on any atom is -0.612 e. The van der Waals surface area contributed by atoms with Crippen LogP contribution in [0.3, 0.4) is 0 Å². The third-order valence-electron chi connectivity index (χ3n) is 12.1. The van der Waals surface area contributed by atoms with Crippen LogP contribution in [0.5, 0.6) is 5.75 Å². The van der Waals surface area contributed by atoms with Crippen LogP contribution in [0.2, 0.25) is 0 Å². The number of piperidine rings is 3. The van der Waals surface area contributed by atoms with E-state index in [1.807, 2.05) is 18.2 Å². The van der Waals surface area contributed by atoms with E-state index in [-0.39, 0.29) is 15.9 Å². The number of nitrogens with zero attached hydrogens (tertiary/aromatic N) is 4. The molecule has 3 fully saturated rings. The molecule has 6 rings (SSSR count). The first-order chi connectivity index (χ1) is 26.2. The van der Waals surface area contributed by atoms with Gasteiger partial charge in [0.1, 0.15) is 16.9 Å². The second kappa shape index (κ2) is 20.1. The van der Waals surface area contributed by atoms with E-state index in [0.717, 1.165) is 96.0 Å². The fourth-order valence-corrected chi connectivity index (χ4v) is 10.8. The molecule has 11 heteroatoms. The Labute approximate surface area is 327 Å². The van der Waals surface area contributed by atoms with Gasteiger partial charge in [0.2, 0.25) is 9.84 Å². The van der Waals surface area contributed by atoms with Crippen LogP contribution in [0.15, 0.2) is 63.3 Å². The lowest BCUT2D eigenvalue weighted by Crippen LogP contribution is -2.52. The second-order valence-corrected chi connectivity index (χ2v) is 19.2. The van der Waals surface area contributed by atoms with Crippen LogP contribution >= 0.6 is 0 Å². The van der Waals surface area contributed by atoms with E-state index in [0.29, 0.717) is 40.5 Å². The number of ether oxygens (including phenoxy) is 1. The van der Waals surface area contributed by atoms with Crippen molar-refractivity contribution in [1.82, 2.24) is 14.8 Å². The van der Waals surface area contributed by atoms with Gasteiger partial charge in [-0.05, 0) is 106 Å². The number of hydrogen-bond acceptors (Lipinski definition) is 9. The summed E-state index contributed by atoms with van der Waals surface area (Å²) in [6.45, 7) is 8.52. The molecule has 0 aliphatic carbocycles. The van der Waals surface area contributed by atoms with Crippen LogP contribution in [0, 0.1) is 0 Å². The molecule has 0 amide bonds. The topological polar surface area (TPSA) is 109 Å². The standard InChI is InChI=1S/C43H64N4O5S2/c1-3-4-5-6-7-8-9-10-11-12-31-52-37-13-16-39(17-14-37)54(50,51)42-33-44-41-18-15-38(53(2)49)32-40(41)43(42)47-27-21-35(22-28-47)45-25-19-34(20-26-45)46-29-23-36(48)24-30-46/h13-18,32-36,48H,3-12,19-31H2,1-2H3. The summed E-state index contributed by atoms with van der Waals surface area (Å²) in [4.78, 5) is 13.1. The number of hydrogen-bond donors (Lipinski definition) is 1. The minimum atomic E-state index is -3.93. The van der Waals surface area contributed by atoms with Gasteiger partial charge in [0.05, 0.1) is 28.8 Å². The largest absolute Gasteiger partial charge is 0.612 e. The van der Waals surface area contributed by atoms with Gasteiger partial charge < -0.3 is 29.1 Å². The molecule has 1 aromatic heterocycles. The molecule has 0 spiro atoms. The predicted octanol–water partition coefficient (Wildman–Crippen LogP) is 7.99. The number of unbranched alkanes of at least 4 members (excludes halogenated alkanes) is 9. The number of aliphatic hydroxyl groups excluding tert-OH is 1. The molecule has 298 valence electrons. The monoisotopic (exact) mass is 780 g/mol. The molecule has 1 N–H and O–H groups in total. The van der Waals surface area contributed by atoms with Crippen LogP contribution in [0.1, 0.15) is 110 Å². The van der Waals surface area contributed by atoms with Crippen LogP contribution in [-0.4, -0.2) is 103 Å². The Morgan fingerprint density at radius 3 is 1.93 bits per heavy atom. The first kappa shape index (κ1) is 41.2. The normalized spacial score (nSPS) is 19.4. The summed E-state index contributed by atoms with van der Waals surface area (Å²) in [6.07, 6.45) is 21.7. The van der Waals surface area contributed by atoms with Crippen molar-refractivity contribution in [2.45, 2.75) is 143 Å². The Hall–Kier alpha value is -2.41. The zero-order valence-electron chi connectivity index (χ0n) is 32.8. The smallest absolute Gasteiger partial charge is 0.210 e. The molecule has 0 saturated carbocycles. The van der Waals surface area contributed by atoms with Crippen molar-refractivity contribution in [3.63, 3.8) is 0 Å². The number of fused-ring (bicyclic) bond motifs is 1. The number of pyridine rings is 1. The molecule has 4 heterocycles. The summed E-state index contributed by atoms with van der Waals surface area (Å²) >= 11 is -1.22. The summed E-state index contributed by atoms with van der Waals surface area (Å²) in [6, 6.07) is 13.4. The molecule has 0 bridgehead atoms. The van der Waals surface area contributed by atoms with E-state index < -0.39 is 21.0 Å². The van der Waals surface area contributed by atoms with Gasteiger partial charge in [0.25, 0.3) is 0 Å². The maximum Gasteiger partial charge on any atom is 0.210 e. The summed E-state index contributed by atoms with van der Waals surface area (Å²) in [5.74, 6) is 0.678. The van der Waals surface area contributed by atoms with Crippen molar-refractivity contribution in [1.29, 1.82) is 0 Å². The van der Waals surface area contributed by atoms with Crippen LogP contribution in [0.4, 0.5) is 5.69 Å². The zero-order valence-corrected chi connectivity index (χ0v) is 34.4. The van der Waals surface area contributed by atoms with E-state index >= 15 is 0 Å². The molecule has 2 aromatic carbocycles. The van der Waals surface area contributed by atoms with E-state index in [9.17, 15) is 18.1 Å². The quantitative estimate of drug-likeness (QED) is 0.102. The maximum absolute atomic E-state index is 14.4. The number of aromatic nitrogens is 1. The van der Waals surface area contributed by atoms with Gasteiger partial charge in [0, 0.05) is 55.9 Å². The lowest BCUT2D eigenvalue weighted by molar-refractivity contribution is 0.0289. The summed E-state index contributed by atoms with van der Waals surface area (Å²) < 4.78 is 47.4. The molecule has 3 aliphatic heterocycles. The van der Waals surface area contributed by atoms with Crippen molar-refractivity contribution < 1.29 is 22.8 Å². The Balaban J connectivity index is 1.09. The van der Waals surface area contributed by atoms with Crippen LogP contribution in [-0.2, 0) is 21.0 Å². The van der Waals surface area contributed by atoms with E-state index in [4.69, 9.17) is 4.74 Å². The Bertz CT molecular complexity index is 1700. The number of benzene rings is 2. The van der Waals surface area contributed by atoms with Crippen molar-refractivity contribution in [2.24, 2.45) is 0 Å². The van der Waals surface area contributed by atoms with E-state index in [1.54, 1.807) is 30.5 Å². The highest BCUT2D eigenvalue weighted by molar-refractivity contribution is 7.91. The average molecular weight is 781 g/mol. The van der Waals surface area contributed by atoms with Crippen LogP contribution in [0.25, 0.3) is 10.9 Å². The molecule has 0 radical (unpaired) electrons. The van der Waals surface area contributed by atoms with Gasteiger partial charge in [-0.3, -0.25) is 4.98 Å². The van der Waals surface area contributed by atoms with Gasteiger partial charge in [-0.2, -0.15) is 0 Å². The number of aliphatic hydroxyl groups is 1. The highest BCUT2D eigenvalue weighted by Gasteiger charge is 2.34. The first-order valence-corrected chi connectivity index (χ1v) is 23.9. The molecule has 54 heavy (non-hydrogen) atoms. The summed E-state index contributed by atoms with van der Waals surface area (Å²) in [5, 5.41) is 10.7. The molecular weight excluding hydrogens is 717 g/mol. The Kier molecular flexibility index (Phi) is 15.4. The summed E-state index contributed by atoms with van der Waals surface area (Å²) in [5.41, 5.74) is 1.36. The number of anilines is 1. The first-order valence-electron chi connectivity index (χ1n) is 20.9. The lowest BCUT2D eigenvalue weighted by Gasteiger charge is -2.45. The third kappa shape index (κ3) is 10.7. The lowest BCUT2D eigenvalue weighted by atomic mass is 9.95. The van der Waals surface area contributed by atoms with Gasteiger partial charge >= 0.3 is 0 Å². The molecule has 3 aromatic rings. The SMILES string of the molecule is CCCCCCCCCCCCOc1ccc(S(=O)(=O)c2cnc3ccc([S+](C)[O-])cc3c2N2CCC(N3CCC(N4CCC(O)CC4)CC3)CC2)cc1. The molecule has 1 atom stereocenters. The third-order valence-corrected chi connectivity index (χ3v) is 14.8. The predicted molar refractivity (Wildman–Crippen MR) is 220 cm³/mol. The minimum absolute atomic E-state index is 0.140. The molecule has 9 nitrogen and oxygen atoms in total. The Morgan fingerprint density at radius 2 is 1.33 bits per heavy atom. The molecule has 3 saturated heterocycles. The van der Waals surface area contributed by atoms with Gasteiger partial charge in [-0.1, -0.05) is 64.7 Å². The molecule has 1 unspecified atom stereocenters. The van der Waals surface area contributed by atoms with Crippen molar-refractivity contribution >= 4 is 37.6 Å². The number of rotatable bonds is 18. The molecule has 3 aliphatic rings. The van der Waals surface area contributed by atoms with Gasteiger partial charge in [0.15, 0.2) is 4.90 Å². The second-order valence-electron chi connectivity index (χ2n) is 15.9. The van der Waals surface area contributed by atoms with E-state index in [2.05, 4.69) is 26.6 Å². The number of likely N-dealkylation sites (tertiary alicyclic amines) is 2. The highest BCUT2D eigenvalue weighted by Crippen LogP contribution is 2.39.